The van der Waals surface area contributed by atoms with Crippen molar-refractivity contribution >= 4 is 29.0 Å². The molecule has 2 aromatic heterocycles. The second kappa shape index (κ2) is 11.1. The van der Waals surface area contributed by atoms with Crippen molar-refractivity contribution in [3.05, 3.63) is 64.9 Å². The van der Waals surface area contributed by atoms with Crippen LogP contribution in [0.5, 0.6) is 0 Å². The molecule has 1 aliphatic rings. The van der Waals surface area contributed by atoms with E-state index in [-0.39, 0.29) is 28.1 Å². The zero-order chi connectivity index (χ0) is 27.6. The first kappa shape index (κ1) is 27.6. The van der Waals surface area contributed by atoms with Gasteiger partial charge in [0.1, 0.15) is 34.1 Å². The fourth-order valence-electron chi connectivity index (χ4n) is 4.61. The van der Waals surface area contributed by atoms with Gasteiger partial charge in [0.2, 0.25) is 0 Å². The molecule has 1 saturated carbocycles. The summed E-state index contributed by atoms with van der Waals surface area (Å²) in [7, 11) is 0. The molecule has 202 valence electrons. The Morgan fingerprint density at radius 2 is 1.84 bits per heavy atom. The van der Waals surface area contributed by atoms with E-state index in [9.17, 15) is 18.4 Å². The lowest BCUT2D eigenvalue weighted by Gasteiger charge is -2.37. The van der Waals surface area contributed by atoms with Gasteiger partial charge < -0.3 is 15.4 Å². The summed E-state index contributed by atoms with van der Waals surface area (Å²) >= 11 is 0.951. The number of nitrogens with zero attached hydrogens (tertiary/aromatic N) is 2. The number of hydrogen-bond acceptors (Lipinski definition) is 6. The number of rotatable bonds is 5. The number of pyridine rings is 1. The lowest BCUT2D eigenvalue weighted by Crippen LogP contribution is -2.49. The summed E-state index contributed by atoms with van der Waals surface area (Å²) in [6.45, 7) is 6.97. The summed E-state index contributed by atoms with van der Waals surface area (Å²) in [5.74, 6) is -2.66. The SMILES string of the molecule is CC1CC(c2ccncc2NC(=O)c2csc(-c3c(F)cccc3F)n2)CC(NC(=O)OC(C)(C)C)C1F. The Hall–Kier alpha value is -3.47. The number of carbonyl (C=O) groups excluding carboxylic acids is 2. The van der Waals surface area contributed by atoms with Crippen molar-refractivity contribution in [3.63, 3.8) is 0 Å². The van der Waals surface area contributed by atoms with Gasteiger partial charge in [-0.15, -0.1) is 11.3 Å². The standard InChI is InChI=1S/C27H29F3N4O3S/c1-14-10-15(11-19(23(14)30)34-26(36)37-27(2,3)4)16-8-9-31-12-20(16)32-24(35)21-13-38-25(33-21)22-17(28)6-5-7-18(22)29/h5-9,12-15,19,23H,10-11H2,1-4H3,(H,32,35)(H,34,36). The minimum Gasteiger partial charge on any atom is -0.444 e. The molecule has 7 nitrogen and oxygen atoms in total. The number of carbonyl (C=O) groups is 2. The maximum atomic E-state index is 15.0. The summed E-state index contributed by atoms with van der Waals surface area (Å²) in [5.41, 5.74) is 0.131. The molecule has 1 aliphatic carbocycles. The van der Waals surface area contributed by atoms with Gasteiger partial charge >= 0.3 is 6.09 Å². The zero-order valence-corrected chi connectivity index (χ0v) is 22.2. The van der Waals surface area contributed by atoms with Crippen LogP contribution in [0.2, 0.25) is 0 Å². The topological polar surface area (TPSA) is 93.2 Å². The van der Waals surface area contributed by atoms with Crippen molar-refractivity contribution < 1.29 is 27.5 Å². The van der Waals surface area contributed by atoms with Crippen LogP contribution in [0.4, 0.5) is 23.7 Å². The summed E-state index contributed by atoms with van der Waals surface area (Å²) in [6, 6.07) is 4.48. The number of hydrogen-bond donors (Lipinski definition) is 2. The Kier molecular flexibility index (Phi) is 8.05. The van der Waals surface area contributed by atoms with Crippen LogP contribution in [0.15, 0.2) is 42.0 Å². The van der Waals surface area contributed by atoms with E-state index in [1.807, 2.05) is 0 Å². The molecule has 2 amide bonds. The lowest BCUT2D eigenvalue weighted by molar-refractivity contribution is 0.0401. The number of ether oxygens (including phenoxy) is 1. The van der Waals surface area contributed by atoms with Crippen molar-refractivity contribution in [2.75, 3.05) is 5.32 Å². The largest absolute Gasteiger partial charge is 0.444 e. The van der Waals surface area contributed by atoms with Crippen molar-refractivity contribution in [1.29, 1.82) is 0 Å². The summed E-state index contributed by atoms with van der Waals surface area (Å²) < 4.78 is 48.7. The molecule has 0 bridgehead atoms. The highest BCUT2D eigenvalue weighted by atomic mass is 32.1. The fourth-order valence-corrected chi connectivity index (χ4v) is 5.45. The zero-order valence-electron chi connectivity index (χ0n) is 21.4. The summed E-state index contributed by atoms with van der Waals surface area (Å²) in [6.07, 6.45) is 1.91. The molecule has 2 heterocycles. The predicted molar refractivity (Wildman–Crippen MR) is 139 cm³/mol. The van der Waals surface area contributed by atoms with E-state index in [2.05, 4.69) is 20.6 Å². The number of thiazole rings is 1. The fraction of sp³-hybridized carbons (Fsp3) is 0.407. The normalized spacial score (nSPS) is 21.6. The molecule has 0 aliphatic heterocycles. The van der Waals surface area contributed by atoms with Crippen molar-refractivity contribution in [1.82, 2.24) is 15.3 Å². The van der Waals surface area contributed by atoms with Crippen LogP contribution in [0.25, 0.3) is 10.6 Å². The minimum absolute atomic E-state index is 0.00670. The highest BCUT2D eigenvalue weighted by Gasteiger charge is 2.38. The number of alkyl carbamates (subject to hydrolysis) is 1. The molecule has 1 fully saturated rings. The first-order valence-electron chi connectivity index (χ1n) is 12.2. The summed E-state index contributed by atoms with van der Waals surface area (Å²) in [5, 5.41) is 6.91. The van der Waals surface area contributed by atoms with E-state index in [1.165, 1.54) is 17.6 Å². The molecule has 0 radical (unpaired) electrons. The summed E-state index contributed by atoms with van der Waals surface area (Å²) in [4.78, 5) is 33.6. The third kappa shape index (κ3) is 6.32. The van der Waals surface area contributed by atoms with Gasteiger partial charge in [-0.05, 0) is 69.2 Å². The van der Waals surface area contributed by atoms with E-state index in [0.29, 0.717) is 18.5 Å². The van der Waals surface area contributed by atoms with Gasteiger partial charge in [0, 0.05) is 11.6 Å². The molecule has 1 aromatic carbocycles. The number of nitrogens with one attached hydrogen (secondary N) is 2. The molecule has 4 unspecified atom stereocenters. The van der Waals surface area contributed by atoms with Crippen molar-refractivity contribution in [2.45, 2.75) is 64.3 Å². The number of halogens is 3. The minimum atomic E-state index is -1.26. The highest BCUT2D eigenvalue weighted by Crippen LogP contribution is 2.40. The van der Waals surface area contributed by atoms with E-state index in [1.54, 1.807) is 40.0 Å². The van der Waals surface area contributed by atoms with E-state index in [0.717, 1.165) is 29.0 Å². The van der Waals surface area contributed by atoms with Crippen molar-refractivity contribution in [3.8, 4) is 10.6 Å². The quantitative estimate of drug-likeness (QED) is 0.382. The molecule has 11 heteroatoms. The molecular weight excluding hydrogens is 517 g/mol. The Bertz CT molecular complexity index is 1310. The van der Waals surface area contributed by atoms with Crippen LogP contribution in [0.3, 0.4) is 0 Å². The van der Waals surface area contributed by atoms with Gasteiger partial charge in [-0.1, -0.05) is 13.0 Å². The Morgan fingerprint density at radius 3 is 2.53 bits per heavy atom. The Labute approximate surface area is 222 Å². The maximum Gasteiger partial charge on any atom is 0.407 e. The average molecular weight is 547 g/mol. The maximum absolute atomic E-state index is 15.0. The molecule has 4 rings (SSSR count). The Balaban J connectivity index is 1.52. The molecule has 2 N–H and O–H groups in total. The van der Waals surface area contributed by atoms with Gasteiger partial charge in [-0.2, -0.15) is 0 Å². The van der Waals surface area contributed by atoms with Gasteiger partial charge in [0.15, 0.2) is 0 Å². The molecule has 0 saturated heterocycles. The van der Waals surface area contributed by atoms with Gasteiger partial charge in [-0.3, -0.25) is 9.78 Å². The van der Waals surface area contributed by atoms with Crippen LogP contribution >= 0.6 is 11.3 Å². The highest BCUT2D eigenvalue weighted by molar-refractivity contribution is 7.13. The third-order valence-corrected chi connectivity index (χ3v) is 7.14. The number of amides is 2. The van der Waals surface area contributed by atoms with Crippen LogP contribution in [-0.4, -0.2) is 39.8 Å². The van der Waals surface area contributed by atoms with E-state index in [4.69, 9.17) is 4.74 Å². The van der Waals surface area contributed by atoms with Gasteiger partial charge in [0.25, 0.3) is 5.91 Å². The number of anilines is 1. The van der Waals surface area contributed by atoms with Gasteiger partial charge in [-0.25, -0.2) is 22.9 Å². The predicted octanol–water partition coefficient (Wildman–Crippen LogP) is 6.48. The third-order valence-electron chi connectivity index (χ3n) is 6.28. The lowest BCUT2D eigenvalue weighted by atomic mass is 9.75. The second-order valence-electron chi connectivity index (χ2n) is 10.4. The van der Waals surface area contributed by atoms with Crippen LogP contribution in [-0.2, 0) is 4.74 Å². The van der Waals surface area contributed by atoms with Crippen LogP contribution < -0.4 is 10.6 Å². The van der Waals surface area contributed by atoms with E-state index < -0.39 is 41.4 Å². The average Bonchev–Trinajstić information content (AvgIpc) is 3.31. The van der Waals surface area contributed by atoms with Gasteiger partial charge in [0.05, 0.1) is 23.5 Å². The molecule has 3 aromatic rings. The first-order chi connectivity index (χ1) is 17.9. The number of aromatic nitrogens is 2. The molecule has 0 spiro atoms. The smallest absolute Gasteiger partial charge is 0.407 e. The molecule has 38 heavy (non-hydrogen) atoms. The number of benzene rings is 1. The Morgan fingerprint density at radius 1 is 1.13 bits per heavy atom. The van der Waals surface area contributed by atoms with Crippen LogP contribution in [0, 0.1) is 17.6 Å². The monoisotopic (exact) mass is 546 g/mol. The molecular formula is C27H29F3N4O3S. The van der Waals surface area contributed by atoms with Crippen LogP contribution in [0.1, 0.15) is 62.5 Å². The first-order valence-corrected chi connectivity index (χ1v) is 13.1. The molecule has 4 atom stereocenters. The number of alkyl halides is 1. The van der Waals surface area contributed by atoms with Crippen molar-refractivity contribution in [2.24, 2.45) is 5.92 Å². The second-order valence-corrected chi connectivity index (χ2v) is 11.3. The van der Waals surface area contributed by atoms with E-state index >= 15 is 4.39 Å².